The molecule has 1 aromatic heterocycles. The predicted molar refractivity (Wildman–Crippen MR) is 91.2 cm³/mol. The van der Waals surface area contributed by atoms with E-state index in [0.29, 0.717) is 12.0 Å². The van der Waals surface area contributed by atoms with E-state index < -0.39 is 0 Å². The fourth-order valence-corrected chi connectivity index (χ4v) is 3.04. The fourth-order valence-electron chi connectivity index (χ4n) is 3.04. The number of nitrogens with zero attached hydrogens (tertiary/aromatic N) is 4. The van der Waals surface area contributed by atoms with E-state index in [4.69, 9.17) is 5.73 Å². The van der Waals surface area contributed by atoms with Crippen LogP contribution in [0.1, 0.15) is 33.6 Å². The summed E-state index contributed by atoms with van der Waals surface area (Å²) in [5.41, 5.74) is 6.08. The Balaban J connectivity index is 1.61. The first kappa shape index (κ1) is 15.3. The standard InChI is InChI=1S/C16H28N6/c1-16(2,3)11-18-13-8-14(20-15(17)19-13)22-9-12(10-22)21-6-4-5-7-21/h8,12H,4-7,9-11H2,1-3H3,(H3,17,18,19,20). The zero-order chi connectivity index (χ0) is 15.7. The third-order valence-corrected chi connectivity index (χ3v) is 4.37. The van der Waals surface area contributed by atoms with Crippen molar-refractivity contribution in [3.05, 3.63) is 6.07 Å². The van der Waals surface area contributed by atoms with Crippen LogP contribution >= 0.6 is 0 Å². The number of anilines is 3. The molecule has 3 heterocycles. The molecule has 6 nitrogen and oxygen atoms in total. The molecule has 0 spiro atoms. The van der Waals surface area contributed by atoms with Gasteiger partial charge in [0.1, 0.15) is 11.6 Å². The largest absolute Gasteiger partial charge is 0.369 e. The maximum atomic E-state index is 5.87. The molecule has 3 rings (SSSR count). The maximum absolute atomic E-state index is 5.87. The Morgan fingerprint density at radius 1 is 1.23 bits per heavy atom. The van der Waals surface area contributed by atoms with Gasteiger partial charge in [-0.2, -0.15) is 9.97 Å². The molecule has 2 saturated heterocycles. The summed E-state index contributed by atoms with van der Waals surface area (Å²) in [6, 6.07) is 2.70. The van der Waals surface area contributed by atoms with Gasteiger partial charge in [0.2, 0.25) is 5.95 Å². The molecule has 2 aliphatic rings. The molecular weight excluding hydrogens is 276 g/mol. The predicted octanol–water partition coefficient (Wildman–Crippen LogP) is 1.80. The normalized spacial score (nSPS) is 20.2. The van der Waals surface area contributed by atoms with E-state index in [0.717, 1.165) is 31.3 Å². The lowest BCUT2D eigenvalue weighted by Gasteiger charge is -2.44. The minimum absolute atomic E-state index is 0.206. The summed E-state index contributed by atoms with van der Waals surface area (Å²) in [5, 5.41) is 3.37. The molecule has 0 atom stereocenters. The summed E-state index contributed by atoms with van der Waals surface area (Å²) in [6.45, 7) is 12.1. The van der Waals surface area contributed by atoms with Crippen molar-refractivity contribution < 1.29 is 0 Å². The van der Waals surface area contributed by atoms with Gasteiger partial charge in [-0.3, -0.25) is 4.90 Å². The Hall–Kier alpha value is -1.56. The quantitative estimate of drug-likeness (QED) is 0.884. The van der Waals surface area contributed by atoms with Crippen molar-refractivity contribution in [3.8, 4) is 0 Å². The van der Waals surface area contributed by atoms with Gasteiger partial charge in [0, 0.05) is 31.7 Å². The Kier molecular flexibility index (Phi) is 4.12. The van der Waals surface area contributed by atoms with Gasteiger partial charge in [0.05, 0.1) is 0 Å². The Morgan fingerprint density at radius 3 is 2.55 bits per heavy atom. The third-order valence-electron chi connectivity index (χ3n) is 4.37. The van der Waals surface area contributed by atoms with Gasteiger partial charge in [0.25, 0.3) is 0 Å². The highest BCUT2D eigenvalue weighted by Crippen LogP contribution is 2.26. The molecule has 0 saturated carbocycles. The summed E-state index contributed by atoms with van der Waals surface area (Å²) in [4.78, 5) is 13.6. The van der Waals surface area contributed by atoms with E-state index in [9.17, 15) is 0 Å². The number of nitrogens with two attached hydrogens (primary N) is 1. The van der Waals surface area contributed by atoms with Crippen molar-refractivity contribution in [1.82, 2.24) is 14.9 Å². The van der Waals surface area contributed by atoms with Crippen LogP contribution in [0.3, 0.4) is 0 Å². The highest BCUT2D eigenvalue weighted by molar-refractivity contribution is 5.54. The minimum Gasteiger partial charge on any atom is -0.369 e. The van der Waals surface area contributed by atoms with Crippen LogP contribution in [0.2, 0.25) is 0 Å². The van der Waals surface area contributed by atoms with E-state index in [2.05, 4.69) is 45.9 Å². The van der Waals surface area contributed by atoms with Gasteiger partial charge in [-0.1, -0.05) is 20.8 Å². The van der Waals surface area contributed by atoms with Gasteiger partial charge in [-0.05, 0) is 31.3 Å². The number of likely N-dealkylation sites (tertiary alicyclic amines) is 1. The molecule has 2 fully saturated rings. The van der Waals surface area contributed by atoms with Crippen LogP contribution in [-0.4, -0.2) is 53.6 Å². The van der Waals surface area contributed by atoms with E-state index in [1.54, 1.807) is 0 Å². The lowest BCUT2D eigenvalue weighted by atomic mass is 9.97. The van der Waals surface area contributed by atoms with Gasteiger partial charge in [-0.15, -0.1) is 0 Å². The van der Waals surface area contributed by atoms with Crippen LogP contribution in [-0.2, 0) is 0 Å². The molecular formula is C16H28N6. The molecule has 122 valence electrons. The van der Waals surface area contributed by atoms with Crippen molar-refractivity contribution in [1.29, 1.82) is 0 Å². The molecule has 1 aromatic rings. The summed E-state index contributed by atoms with van der Waals surface area (Å²) in [5.74, 6) is 2.11. The maximum Gasteiger partial charge on any atom is 0.223 e. The molecule has 0 bridgehead atoms. The average molecular weight is 304 g/mol. The highest BCUT2D eigenvalue weighted by Gasteiger charge is 2.34. The number of hydrogen-bond acceptors (Lipinski definition) is 6. The second-order valence-corrected chi connectivity index (χ2v) is 7.69. The molecule has 0 radical (unpaired) electrons. The lowest BCUT2D eigenvalue weighted by Crippen LogP contribution is -2.59. The summed E-state index contributed by atoms with van der Waals surface area (Å²) >= 11 is 0. The van der Waals surface area contributed by atoms with E-state index >= 15 is 0 Å². The minimum atomic E-state index is 0.206. The van der Waals surface area contributed by atoms with Crippen molar-refractivity contribution >= 4 is 17.6 Å². The Bertz CT molecular complexity index is 512. The first-order chi connectivity index (χ1) is 10.4. The Labute approximate surface area is 133 Å². The molecule has 0 amide bonds. The molecule has 2 aliphatic heterocycles. The second-order valence-electron chi connectivity index (χ2n) is 7.69. The SMILES string of the molecule is CC(C)(C)CNc1cc(N2CC(N3CCCC3)C2)nc(N)n1. The van der Waals surface area contributed by atoms with Gasteiger partial charge in [-0.25, -0.2) is 0 Å². The highest BCUT2D eigenvalue weighted by atomic mass is 15.3. The van der Waals surface area contributed by atoms with Crippen molar-refractivity contribution in [2.24, 2.45) is 5.41 Å². The van der Waals surface area contributed by atoms with Crippen LogP contribution in [0, 0.1) is 5.41 Å². The molecule has 0 unspecified atom stereocenters. The third kappa shape index (κ3) is 3.61. The monoisotopic (exact) mass is 304 g/mol. The van der Waals surface area contributed by atoms with Crippen molar-refractivity contribution in [2.75, 3.05) is 48.7 Å². The summed E-state index contributed by atoms with van der Waals surface area (Å²) < 4.78 is 0. The van der Waals surface area contributed by atoms with Gasteiger partial charge < -0.3 is 16.0 Å². The first-order valence-corrected chi connectivity index (χ1v) is 8.28. The fraction of sp³-hybridized carbons (Fsp3) is 0.750. The topological polar surface area (TPSA) is 70.3 Å². The smallest absolute Gasteiger partial charge is 0.223 e. The molecule has 0 aliphatic carbocycles. The van der Waals surface area contributed by atoms with Gasteiger partial charge >= 0.3 is 0 Å². The van der Waals surface area contributed by atoms with Gasteiger partial charge in [0.15, 0.2) is 0 Å². The van der Waals surface area contributed by atoms with Crippen LogP contribution in [0.15, 0.2) is 6.07 Å². The van der Waals surface area contributed by atoms with Crippen LogP contribution in [0.4, 0.5) is 17.6 Å². The van der Waals surface area contributed by atoms with Crippen LogP contribution < -0.4 is 16.0 Å². The summed E-state index contributed by atoms with van der Waals surface area (Å²) in [7, 11) is 0. The number of nitrogen functional groups attached to an aromatic ring is 1. The van der Waals surface area contributed by atoms with E-state index in [-0.39, 0.29) is 5.41 Å². The molecule has 22 heavy (non-hydrogen) atoms. The molecule has 0 aromatic carbocycles. The number of aromatic nitrogens is 2. The lowest BCUT2D eigenvalue weighted by molar-refractivity contribution is 0.204. The number of hydrogen-bond donors (Lipinski definition) is 2. The Morgan fingerprint density at radius 2 is 1.91 bits per heavy atom. The van der Waals surface area contributed by atoms with E-state index in [1.165, 1.54) is 25.9 Å². The molecule has 3 N–H and O–H groups in total. The first-order valence-electron chi connectivity index (χ1n) is 8.28. The molecule has 6 heteroatoms. The average Bonchev–Trinajstić information content (AvgIpc) is 2.87. The number of nitrogens with one attached hydrogen (secondary N) is 1. The zero-order valence-corrected chi connectivity index (χ0v) is 14.0. The van der Waals surface area contributed by atoms with Crippen molar-refractivity contribution in [2.45, 2.75) is 39.7 Å². The van der Waals surface area contributed by atoms with Crippen LogP contribution in [0.25, 0.3) is 0 Å². The van der Waals surface area contributed by atoms with Crippen molar-refractivity contribution in [3.63, 3.8) is 0 Å². The van der Waals surface area contributed by atoms with Crippen LogP contribution in [0.5, 0.6) is 0 Å². The number of rotatable bonds is 4. The van der Waals surface area contributed by atoms with E-state index in [1.807, 2.05) is 6.07 Å². The summed E-state index contributed by atoms with van der Waals surface area (Å²) in [6.07, 6.45) is 2.69. The second kappa shape index (κ2) is 5.91. The zero-order valence-electron chi connectivity index (χ0n) is 14.0.